The van der Waals surface area contributed by atoms with Gasteiger partial charge in [0.25, 0.3) is 0 Å². The molecule has 4 aromatic heterocycles. The predicted octanol–water partition coefficient (Wildman–Crippen LogP) is 14.8. The standard InChI is InChI=1S/C51H29N3OS2/c1-3-13-30(14-4-1)49-52-50(31-15-5-2-6-16-31)54-51(53-49)32-25-26-39-44(28-32)57-43-24-12-19-34(46(39)43)33-27-40(47-38-18-8-10-23-42(38)56-45(47)29-33)37-21-11-20-36-35-17-7-9-22-41(35)55-48(36)37/h1-29H. The van der Waals surface area contributed by atoms with Gasteiger partial charge in [0.05, 0.1) is 0 Å². The van der Waals surface area contributed by atoms with Crippen LogP contribution in [0.15, 0.2) is 180 Å². The van der Waals surface area contributed by atoms with Gasteiger partial charge in [0, 0.05) is 73.4 Å². The zero-order valence-electron chi connectivity index (χ0n) is 30.3. The maximum atomic E-state index is 6.64. The van der Waals surface area contributed by atoms with Crippen LogP contribution in [-0.4, -0.2) is 15.0 Å². The van der Waals surface area contributed by atoms with Crippen LogP contribution in [0, 0.1) is 0 Å². The summed E-state index contributed by atoms with van der Waals surface area (Å²) >= 11 is 3.66. The van der Waals surface area contributed by atoms with E-state index in [1.807, 2.05) is 89.4 Å². The highest BCUT2D eigenvalue weighted by molar-refractivity contribution is 7.26. The molecule has 0 saturated carbocycles. The van der Waals surface area contributed by atoms with Crippen molar-refractivity contribution in [2.45, 2.75) is 0 Å². The van der Waals surface area contributed by atoms with Gasteiger partial charge in [0.2, 0.25) is 0 Å². The third-order valence-electron chi connectivity index (χ3n) is 10.9. The van der Waals surface area contributed by atoms with Crippen molar-refractivity contribution in [3.8, 4) is 56.4 Å². The van der Waals surface area contributed by atoms with Crippen LogP contribution in [0.25, 0.3) is 119 Å². The smallest absolute Gasteiger partial charge is 0.164 e. The van der Waals surface area contributed by atoms with Gasteiger partial charge in [-0.2, -0.15) is 0 Å². The first-order valence-corrected chi connectivity index (χ1v) is 20.6. The number of furan rings is 1. The lowest BCUT2D eigenvalue weighted by Gasteiger charge is -2.11. The van der Waals surface area contributed by atoms with Crippen molar-refractivity contribution in [2.75, 3.05) is 0 Å². The molecule has 0 spiro atoms. The number of hydrogen-bond acceptors (Lipinski definition) is 6. The maximum absolute atomic E-state index is 6.64. The van der Waals surface area contributed by atoms with Crippen LogP contribution in [0.3, 0.4) is 0 Å². The summed E-state index contributed by atoms with van der Waals surface area (Å²) in [6.45, 7) is 0. The molecule has 6 heteroatoms. The van der Waals surface area contributed by atoms with Gasteiger partial charge in [-0.1, -0.05) is 140 Å². The molecule has 4 nitrogen and oxygen atoms in total. The average Bonchev–Trinajstić information content (AvgIpc) is 3.97. The zero-order chi connectivity index (χ0) is 37.5. The quantitative estimate of drug-likeness (QED) is 0.175. The molecule has 0 amide bonds. The van der Waals surface area contributed by atoms with Crippen molar-refractivity contribution in [1.29, 1.82) is 0 Å². The highest BCUT2D eigenvalue weighted by Crippen LogP contribution is 2.48. The van der Waals surface area contributed by atoms with Gasteiger partial charge in [-0.05, 0) is 53.1 Å². The first-order chi connectivity index (χ1) is 28.2. The summed E-state index contributed by atoms with van der Waals surface area (Å²) in [6, 6.07) is 62.0. The first-order valence-electron chi connectivity index (χ1n) is 18.9. The molecule has 0 N–H and O–H groups in total. The topological polar surface area (TPSA) is 51.8 Å². The van der Waals surface area contributed by atoms with Crippen molar-refractivity contribution >= 4 is 85.0 Å². The summed E-state index contributed by atoms with van der Waals surface area (Å²) in [5, 5.41) is 7.27. The number of benzene rings is 8. The van der Waals surface area contributed by atoms with Crippen molar-refractivity contribution in [1.82, 2.24) is 15.0 Å². The number of hydrogen-bond donors (Lipinski definition) is 0. The molecule has 0 radical (unpaired) electrons. The number of para-hydroxylation sites is 2. The van der Waals surface area contributed by atoms with Crippen molar-refractivity contribution < 1.29 is 4.42 Å². The van der Waals surface area contributed by atoms with Crippen LogP contribution in [0.2, 0.25) is 0 Å². The lowest BCUT2D eigenvalue weighted by molar-refractivity contribution is 0.670. The van der Waals surface area contributed by atoms with Crippen LogP contribution < -0.4 is 0 Å². The van der Waals surface area contributed by atoms with E-state index in [1.54, 1.807) is 0 Å². The van der Waals surface area contributed by atoms with E-state index < -0.39 is 0 Å². The number of rotatable bonds is 5. The molecule has 266 valence electrons. The zero-order valence-corrected chi connectivity index (χ0v) is 31.9. The van der Waals surface area contributed by atoms with Crippen molar-refractivity contribution in [3.63, 3.8) is 0 Å². The molecule has 57 heavy (non-hydrogen) atoms. The molecule has 0 atom stereocenters. The lowest BCUT2D eigenvalue weighted by Crippen LogP contribution is -1.99. The van der Waals surface area contributed by atoms with Crippen LogP contribution in [0.4, 0.5) is 0 Å². The summed E-state index contributed by atoms with van der Waals surface area (Å²) in [5.41, 5.74) is 9.38. The second-order valence-corrected chi connectivity index (χ2v) is 16.5. The molecule has 0 fully saturated rings. The van der Waals surface area contributed by atoms with E-state index in [0.717, 1.165) is 44.2 Å². The van der Waals surface area contributed by atoms with E-state index in [4.69, 9.17) is 19.4 Å². The molecular weight excluding hydrogens is 735 g/mol. The summed E-state index contributed by atoms with van der Waals surface area (Å²) in [6.07, 6.45) is 0. The molecule has 8 aromatic carbocycles. The van der Waals surface area contributed by atoms with E-state index in [2.05, 4.69) is 109 Å². The molecule has 0 bridgehead atoms. The summed E-state index contributed by atoms with van der Waals surface area (Å²) in [7, 11) is 0. The van der Waals surface area contributed by atoms with Gasteiger partial charge in [-0.25, -0.2) is 15.0 Å². The SMILES string of the molecule is c1ccc(-c2nc(-c3ccccc3)nc(-c3ccc4c(c3)sc3cccc(-c5cc(-c6cccc7c6oc6ccccc67)c6c(c5)sc5ccccc56)c34)n2)cc1. The molecular formula is C51H29N3OS2. The largest absolute Gasteiger partial charge is 0.455 e. The van der Waals surface area contributed by atoms with Crippen LogP contribution >= 0.6 is 22.7 Å². The molecule has 0 aliphatic carbocycles. The molecule has 0 unspecified atom stereocenters. The Morgan fingerprint density at radius 1 is 0.333 bits per heavy atom. The summed E-state index contributed by atoms with van der Waals surface area (Å²) in [4.78, 5) is 15.0. The molecule has 0 saturated heterocycles. The fourth-order valence-corrected chi connectivity index (χ4v) is 10.7. The monoisotopic (exact) mass is 763 g/mol. The van der Waals surface area contributed by atoms with Gasteiger partial charge < -0.3 is 4.42 Å². The molecule has 4 heterocycles. The lowest BCUT2D eigenvalue weighted by atomic mass is 9.92. The summed E-state index contributed by atoms with van der Waals surface area (Å²) in [5.74, 6) is 1.97. The van der Waals surface area contributed by atoms with Crippen LogP contribution in [0.1, 0.15) is 0 Å². The Bertz CT molecular complexity index is 3470. The van der Waals surface area contributed by atoms with Gasteiger partial charge in [0.15, 0.2) is 17.5 Å². The molecule has 12 rings (SSSR count). The fraction of sp³-hybridized carbons (Fsp3) is 0. The third kappa shape index (κ3) is 5.22. The van der Waals surface area contributed by atoms with E-state index in [-0.39, 0.29) is 0 Å². The van der Waals surface area contributed by atoms with Gasteiger partial charge in [-0.15, -0.1) is 22.7 Å². The van der Waals surface area contributed by atoms with Gasteiger partial charge in [-0.3, -0.25) is 0 Å². The van der Waals surface area contributed by atoms with Crippen molar-refractivity contribution in [2.24, 2.45) is 0 Å². The molecule has 12 aromatic rings. The third-order valence-corrected chi connectivity index (χ3v) is 13.2. The highest BCUT2D eigenvalue weighted by Gasteiger charge is 2.21. The average molecular weight is 764 g/mol. The number of aromatic nitrogens is 3. The Morgan fingerprint density at radius 3 is 1.68 bits per heavy atom. The maximum Gasteiger partial charge on any atom is 0.164 e. The second-order valence-electron chi connectivity index (χ2n) is 14.3. The van der Waals surface area contributed by atoms with Crippen molar-refractivity contribution in [3.05, 3.63) is 176 Å². The minimum absolute atomic E-state index is 0.655. The minimum Gasteiger partial charge on any atom is -0.455 e. The Hall–Kier alpha value is -6.99. The molecule has 0 aliphatic heterocycles. The Morgan fingerprint density at radius 2 is 0.895 bits per heavy atom. The first kappa shape index (κ1) is 32.3. The van der Waals surface area contributed by atoms with E-state index in [1.165, 1.54) is 57.0 Å². The number of fused-ring (bicyclic) bond motifs is 9. The van der Waals surface area contributed by atoms with E-state index in [9.17, 15) is 0 Å². The number of nitrogens with zero attached hydrogens (tertiary/aromatic N) is 3. The summed E-state index contributed by atoms with van der Waals surface area (Å²) < 4.78 is 11.6. The number of thiophene rings is 2. The Balaban J connectivity index is 1.06. The highest BCUT2D eigenvalue weighted by atomic mass is 32.1. The Kier molecular flexibility index (Phi) is 7.24. The van der Waals surface area contributed by atoms with Crippen LogP contribution in [0.5, 0.6) is 0 Å². The minimum atomic E-state index is 0.655. The predicted molar refractivity (Wildman–Crippen MR) is 240 cm³/mol. The van der Waals surface area contributed by atoms with Crippen LogP contribution in [-0.2, 0) is 0 Å². The second kappa shape index (κ2) is 12.8. The Labute approximate surface area is 335 Å². The molecule has 0 aliphatic rings. The van der Waals surface area contributed by atoms with E-state index >= 15 is 0 Å². The van der Waals surface area contributed by atoms with Gasteiger partial charge in [0.1, 0.15) is 11.2 Å². The normalized spacial score (nSPS) is 11.9. The fourth-order valence-electron chi connectivity index (χ4n) is 8.32. The van der Waals surface area contributed by atoms with E-state index in [0.29, 0.717) is 17.5 Å². The van der Waals surface area contributed by atoms with Gasteiger partial charge >= 0.3 is 0 Å².